The van der Waals surface area contributed by atoms with Crippen LogP contribution in [0.1, 0.15) is 27.7 Å². The van der Waals surface area contributed by atoms with Crippen molar-refractivity contribution in [2.24, 2.45) is 0 Å². The van der Waals surface area contributed by atoms with Crippen molar-refractivity contribution in [2.75, 3.05) is 27.3 Å². The smallest absolute Gasteiger partial charge is 0.410 e. The molecule has 0 aromatic carbocycles. The van der Waals surface area contributed by atoms with Crippen LogP contribution in [-0.4, -0.2) is 62.3 Å². The molecule has 1 aliphatic heterocycles. The van der Waals surface area contributed by atoms with E-state index in [2.05, 4.69) is 5.32 Å². The van der Waals surface area contributed by atoms with Crippen LogP contribution in [0.25, 0.3) is 0 Å². The zero-order valence-corrected chi connectivity index (χ0v) is 12.7. The molecule has 1 N–H and O–H groups in total. The fourth-order valence-corrected chi connectivity index (χ4v) is 2.01. The minimum absolute atomic E-state index is 0.0702. The van der Waals surface area contributed by atoms with Crippen molar-refractivity contribution in [3.63, 3.8) is 0 Å². The number of hydrogen-bond acceptors (Lipinski definition) is 5. The summed E-state index contributed by atoms with van der Waals surface area (Å²) in [5.41, 5.74) is -0.444. The van der Waals surface area contributed by atoms with Gasteiger partial charge >= 0.3 is 6.09 Å². The van der Waals surface area contributed by atoms with Gasteiger partial charge in [-0.1, -0.05) is 0 Å². The van der Waals surface area contributed by atoms with Gasteiger partial charge < -0.3 is 24.4 Å². The van der Waals surface area contributed by atoms with Gasteiger partial charge in [-0.2, -0.15) is 0 Å². The Morgan fingerprint density at radius 2 is 1.79 bits per heavy atom. The fourth-order valence-electron chi connectivity index (χ4n) is 2.01. The molecule has 1 amide bonds. The summed E-state index contributed by atoms with van der Waals surface area (Å²) in [5, 5.41) is 3.37. The molecule has 6 nitrogen and oxygen atoms in total. The third-order valence-electron chi connectivity index (χ3n) is 2.90. The minimum atomic E-state index is -0.444. The highest BCUT2D eigenvalue weighted by Crippen LogP contribution is 2.16. The van der Waals surface area contributed by atoms with E-state index in [0.29, 0.717) is 13.1 Å². The van der Waals surface area contributed by atoms with E-state index >= 15 is 0 Å². The second-order valence-electron chi connectivity index (χ2n) is 5.88. The van der Waals surface area contributed by atoms with E-state index in [-0.39, 0.29) is 24.5 Å². The Morgan fingerprint density at radius 3 is 2.21 bits per heavy atom. The zero-order chi connectivity index (χ0) is 14.6. The number of carbonyl (C=O) groups is 1. The summed E-state index contributed by atoms with van der Waals surface area (Å²) in [6, 6.07) is 0.330. The average Bonchev–Trinajstić information content (AvgIpc) is 2.21. The first kappa shape index (κ1) is 16.2. The van der Waals surface area contributed by atoms with E-state index < -0.39 is 5.60 Å². The second kappa shape index (κ2) is 6.54. The van der Waals surface area contributed by atoms with Crippen LogP contribution in [0.15, 0.2) is 0 Å². The molecule has 0 spiro atoms. The number of carbonyl (C=O) groups excluding carboxylic acids is 1. The first-order chi connectivity index (χ1) is 8.76. The number of likely N-dealkylation sites (tertiary alicyclic amines) is 1. The van der Waals surface area contributed by atoms with Crippen LogP contribution in [0.2, 0.25) is 0 Å². The number of ether oxygens (including phenoxy) is 3. The van der Waals surface area contributed by atoms with Crippen molar-refractivity contribution in [3.8, 4) is 0 Å². The lowest BCUT2D eigenvalue weighted by Crippen LogP contribution is -2.63. The molecule has 1 heterocycles. The second-order valence-corrected chi connectivity index (χ2v) is 5.88. The molecule has 1 fully saturated rings. The number of hydrogen-bond donors (Lipinski definition) is 1. The number of methoxy groups -OCH3 is 2. The summed E-state index contributed by atoms with van der Waals surface area (Å²) in [5.74, 6) is 0. The maximum absolute atomic E-state index is 11.7. The zero-order valence-electron chi connectivity index (χ0n) is 12.7. The molecule has 0 aromatic rings. The molecule has 0 bridgehead atoms. The molecule has 0 aliphatic carbocycles. The molecule has 0 aromatic heterocycles. The Bertz CT molecular complexity index is 294. The van der Waals surface area contributed by atoms with Crippen LogP contribution in [0.5, 0.6) is 0 Å². The summed E-state index contributed by atoms with van der Waals surface area (Å²) in [4.78, 5) is 13.4. The van der Waals surface area contributed by atoms with Crippen LogP contribution in [0, 0.1) is 0 Å². The molecule has 1 rings (SSSR count). The molecule has 0 saturated carbocycles. The normalized spacial score (nSPS) is 18.4. The molecular formula is C13H26N2O4. The number of nitrogens with one attached hydrogen (secondary N) is 1. The standard InChI is InChI=1S/C13H26N2O4/c1-9(11(17-5)18-6)14-10-7-15(8-10)12(16)19-13(2,3)4/h9-11,14H,7-8H2,1-6H3. The van der Waals surface area contributed by atoms with Crippen molar-refractivity contribution >= 4 is 6.09 Å². The van der Waals surface area contributed by atoms with Gasteiger partial charge in [-0.3, -0.25) is 0 Å². The van der Waals surface area contributed by atoms with Crippen molar-refractivity contribution in [3.05, 3.63) is 0 Å². The van der Waals surface area contributed by atoms with Crippen molar-refractivity contribution in [1.29, 1.82) is 0 Å². The Kier molecular flexibility index (Phi) is 5.58. The van der Waals surface area contributed by atoms with E-state index in [1.165, 1.54) is 0 Å². The van der Waals surface area contributed by atoms with Crippen LogP contribution >= 0.6 is 0 Å². The minimum Gasteiger partial charge on any atom is -0.444 e. The van der Waals surface area contributed by atoms with E-state index in [1.54, 1.807) is 19.1 Å². The highest BCUT2D eigenvalue weighted by Gasteiger charge is 2.35. The average molecular weight is 274 g/mol. The third-order valence-corrected chi connectivity index (χ3v) is 2.90. The molecule has 19 heavy (non-hydrogen) atoms. The van der Waals surface area contributed by atoms with Crippen LogP contribution in [0.4, 0.5) is 4.79 Å². The lowest BCUT2D eigenvalue weighted by atomic mass is 10.1. The van der Waals surface area contributed by atoms with E-state index in [1.807, 2.05) is 27.7 Å². The lowest BCUT2D eigenvalue weighted by molar-refractivity contribution is -0.123. The summed E-state index contributed by atoms with van der Waals surface area (Å²) >= 11 is 0. The highest BCUT2D eigenvalue weighted by molar-refractivity contribution is 5.69. The predicted molar refractivity (Wildman–Crippen MR) is 72.0 cm³/mol. The fraction of sp³-hybridized carbons (Fsp3) is 0.923. The number of rotatable bonds is 5. The Labute approximate surface area is 115 Å². The van der Waals surface area contributed by atoms with Gasteiger partial charge in [-0.05, 0) is 27.7 Å². The van der Waals surface area contributed by atoms with Crippen molar-refractivity contribution in [1.82, 2.24) is 10.2 Å². The van der Waals surface area contributed by atoms with Gasteiger partial charge in [0.2, 0.25) is 0 Å². The predicted octanol–water partition coefficient (Wildman–Crippen LogP) is 1.20. The first-order valence-corrected chi connectivity index (χ1v) is 6.56. The van der Waals surface area contributed by atoms with Gasteiger partial charge in [0.25, 0.3) is 0 Å². The van der Waals surface area contributed by atoms with Crippen molar-refractivity contribution in [2.45, 2.75) is 51.7 Å². The van der Waals surface area contributed by atoms with Gasteiger partial charge in [0.05, 0.1) is 6.04 Å². The maximum atomic E-state index is 11.7. The molecule has 1 saturated heterocycles. The van der Waals surface area contributed by atoms with Crippen LogP contribution < -0.4 is 5.32 Å². The van der Waals surface area contributed by atoms with Gasteiger partial charge in [0.15, 0.2) is 6.29 Å². The molecular weight excluding hydrogens is 248 g/mol. The molecule has 1 aliphatic rings. The lowest BCUT2D eigenvalue weighted by Gasteiger charge is -2.42. The number of nitrogens with zero attached hydrogens (tertiary/aromatic N) is 1. The molecule has 6 heteroatoms. The maximum Gasteiger partial charge on any atom is 0.410 e. The van der Waals surface area contributed by atoms with Gasteiger partial charge in [-0.25, -0.2) is 4.79 Å². The summed E-state index contributed by atoms with van der Waals surface area (Å²) in [6.45, 7) is 8.89. The highest BCUT2D eigenvalue weighted by atomic mass is 16.7. The Hall–Kier alpha value is -0.850. The quantitative estimate of drug-likeness (QED) is 0.763. The Morgan fingerprint density at radius 1 is 1.26 bits per heavy atom. The van der Waals surface area contributed by atoms with E-state index in [0.717, 1.165) is 0 Å². The first-order valence-electron chi connectivity index (χ1n) is 6.56. The largest absolute Gasteiger partial charge is 0.444 e. The molecule has 112 valence electrons. The summed E-state index contributed by atoms with van der Waals surface area (Å²) < 4.78 is 15.7. The van der Waals surface area contributed by atoms with E-state index in [9.17, 15) is 4.79 Å². The topological polar surface area (TPSA) is 60.0 Å². The van der Waals surface area contributed by atoms with Crippen molar-refractivity contribution < 1.29 is 19.0 Å². The molecule has 1 unspecified atom stereocenters. The summed E-state index contributed by atoms with van der Waals surface area (Å²) in [6.07, 6.45) is -0.538. The molecule has 1 atom stereocenters. The van der Waals surface area contributed by atoms with E-state index in [4.69, 9.17) is 14.2 Å². The third kappa shape index (κ3) is 4.97. The monoisotopic (exact) mass is 274 g/mol. The number of amides is 1. The van der Waals surface area contributed by atoms with Crippen LogP contribution in [0.3, 0.4) is 0 Å². The van der Waals surface area contributed by atoms with Gasteiger partial charge in [0, 0.05) is 33.4 Å². The van der Waals surface area contributed by atoms with Gasteiger partial charge in [-0.15, -0.1) is 0 Å². The Balaban J connectivity index is 2.28. The molecule has 0 radical (unpaired) electrons. The summed E-state index contributed by atoms with van der Waals surface area (Å²) in [7, 11) is 3.22. The SMILES string of the molecule is COC(OC)C(C)NC1CN(C(=O)OC(C)(C)C)C1. The van der Waals surface area contributed by atoms with Gasteiger partial charge in [0.1, 0.15) is 5.60 Å². The van der Waals surface area contributed by atoms with Crippen LogP contribution in [-0.2, 0) is 14.2 Å².